The molecule has 1 atom stereocenters. The Morgan fingerprint density at radius 2 is 0.518 bits per heavy atom. The number of rotatable bonds is 61. The van der Waals surface area contributed by atoms with Crippen molar-refractivity contribution in [1.29, 1.82) is 0 Å². The van der Waals surface area contributed by atoms with Crippen LogP contribution in [0.1, 0.15) is 303 Å². The van der Waals surface area contributed by atoms with Gasteiger partial charge in [0.05, 0.1) is 6.42 Å². The van der Waals surface area contributed by atoms with Gasteiger partial charge in [-0.2, -0.15) is 0 Å². The smallest absolute Gasteiger partial charge is 0.309 e. The molecule has 0 bridgehead atoms. The summed E-state index contributed by atoms with van der Waals surface area (Å²) in [5, 5.41) is 0. The highest BCUT2D eigenvalue weighted by molar-refractivity contribution is 5.72. The number of unbranched alkanes of at least 4 members (excludes halogenated alkanes) is 27. The molecule has 0 heterocycles. The number of hydrogen-bond acceptors (Lipinski definition) is 6. The van der Waals surface area contributed by atoms with Crippen LogP contribution in [0.15, 0.2) is 146 Å². The summed E-state index contributed by atoms with van der Waals surface area (Å²) in [6.45, 7) is 6.30. The molecule has 0 aromatic heterocycles. The molecule has 6 heteroatoms. The number of ether oxygens (including phenoxy) is 3. The maximum atomic E-state index is 12.9. The molecular weight excluding hydrogens is 1020 g/mol. The van der Waals surface area contributed by atoms with Gasteiger partial charge >= 0.3 is 17.9 Å². The van der Waals surface area contributed by atoms with E-state index in [2.05, 4.69) is 154 Å². The van der Waals surface area contributed by atoms with Crippen LogP contribution in [0.3, 0.4) is 0 Å². The summed E-state index contributed by atoms with van der Waals surface area (Å²) >= 11 is 0. The normalized spacial score (nSPS) is 13.0. The lowest BCUT2D eigenvalue weighted by Crippen LogP contribution is -2.30. The Morgan fingerprint density at radius 3 is 0.831 bits per heavy atom. The third kappa shape index (κ3) is 68.0. The molecule has 6 nitrogen and oxygen atoms in total. The summed E-state index contributed by atoms with van der Waals surface area (Å²) in [5.41, 5.74) is 0. The quantitative estimate of drug-likeness (QED) is 0.0261. The van der Waals surface area contributed by atoms with Gasteiger partial charge < -0.3 is 14.2 Å². The van der Waals surface area contributed by atoms with Crippen LogP contribution in [0.25, 0.3) is 0 Å². The number of carbonyl (C=O) groups is 3. The fourth-order valence-corrected chi connectivity index (χ4v) is 9.33. The first-order valence-corrected chi connectivity index (χ1v) is 34.3. The van der Waals surface area contributed by atoms with E-state index in [9.17, 15) is 14.4 Å². The first-order valence-electron chi connectivity index (χ1n) is 34.3. The molecule has 0 spiro atoms. The minimum Gasteiger partial charge on any atom is -0.462 e. The van der Waals surface area contributed by atoms with E-state index in [0.29, 0.717) is 12.8 Å². The summed E-state index contributed by atoms with van der Waals surface area (Å²) in [6, 6.07) is 0. The van der Waals surface area contributed by atoms with E-state index in [0.717, 1.165) is 103 Å². The molecule has 0 radical (unpaired) electrons. The minimum absolute atomic E-state index is 0.110. The van der Waals surface area contributed by atoms with E-state index in [1.165, 1.54) is 154 Å². The van der Waals surface area contributed by atoms with Gasteiger partial charge in [0.25, 0.3) is 0 Å². The second-order valence-electron chi connectivity index (χ2n) is 22.3. The summed E-state index contributed by atoms with van der Waals surface area (Å²) in [6.07, 6.45) is 101. The third-order valence-corrected chi connectivity index (χ3v) is 14.4. The maximum Gasteiger partial charge on any atom is 0.309 e. The fourth-order valence-electron chi connectivity index (χ4n) is 9.33. The van der Waals surface area contributed by atoms with Gasteiger partial charge in [0, 0.05) is 12.8 Å². The molecule has 0 aliphatic carbocycles. The van der Waals surface area contributed by atoms with Gasteiger partial charge in [-0.3, -0.25) is 14.4 Å². The van der Waals surface area contributed by atoms with Crippen LogP contribution in [0.4, 0.5) is 0 Å². The van der Waals surface area contributed by atoms with Crippen molar-refractivity contribution in [3.05, 3.63) is 146 Å². The predicted molar refractivity (Wildman–Crippen MR) is 362 cm³/mol. The van der Waals surface area contributed by atoms with Crippen LogP contribution in [-0.4, -0.2) is 37.2 Å². The van der Waals surface area contributed by atoms with Crippen LogP contribution in [0, 0.1) is 0 Å². The van der Waals surface area contributed by atoms with Crippen molar-refractivity contribution >= 4 is 17.9 Å². The summed E-state index contributed by atoms with van der Waals surface area (Å²) in [4.78, 5) is 38.3. The standard InChI is InChI=1S/C77H126O6/c1-4-7-10-13-16-19-22-25-28-30-32-34-36-37-38-39-41-42-44-46-49-52-55-58-61-64-67-70-76(79)82-73-74(72-81-75(78)69-66-63-60-57-54-51-48-27-24-21-18-15-12-9-6-3)83-77(80)71-68-65-62-59-56-53-50-47-45-43-40-35-33-31-29-26-23-20-17-14-11-8-5-2/h8-9,11-12,17-18,20-21,26-27,29,33,35,43,45,48,50,53-54,57,59,62-63,66,74H,4-7,10,13-16,19,22-25,28,30-32,34,36-42,44,46-47,49,51-52,55-56,58,60-61,64-65,67-73H2,1-3H3/b11-8-,12-9-,20-17-,21-18-,29-26-,35-33-,45-43-,48-27-,53-50-,57-54-,62-59-,66-63-. The molecule has 470 valence electrons. The lowest BCUT2D eigenvalue weighted by atomic mass is 10.0. The maximum absolute atomic E-state index is 12.9. The van der Waals surface area contributed by atoms with E-state index in [-0.39, 0.29) is 32.0 Å². The molecule has 0 saturated carbocycles. The lowest BCUT2D eigenvalue weighted by Gasteiger charge is -2.18. The monoisotopic (exact) mass is 1150 g/mol. The van der Waals surface area contributed by atoms with Crippen LogP contribution in [0.5, 0.6) is 0 Å². The molecule has 0 fully saturated rings. The largest absolute Gasteiger partial charge is 0.462 e. The van der Waals surface area contributed by atoms with Gasteiger partial charge in [-0.15, -0.1) is 0 Å². The molecule has 0 rings (SSSR count). The van der Waals surface area contributed by atoms with Gasteiger partial charge in [-0.05, 0) is 96.3 Å². The zero-order valence-corrected chi connectivity index (χ0v) is 53.9. The Hall–Kier alpha value is -4.71. The molecule has 0 aliphatic rings. The Labute approximate surface area is 512 Å². The second-order valence-corrected chi connectivity index (χ2v) is 22.3. The highest BCUT2D eigenvalue weighted by Crippen LogP contribution is 2.17. The SMILES string of the molecule is CC/C=C\C/C=C\C/C=C\C/C=C\C/C=C\C/C=C\C/C=C\CCCC(=O)OC(COC(=O)C/C=C\C/C=C\C/C=C\C/C=C\C/C=C\CC)COC(=O)CCCCCCCCCCCCCCCCCCCCCCCCCCCCC. The molecule has 0 aliphatic heterocycles. The van der Waals surface area contributed by atoms with Gasteiger partial charge in [-0.25, -0.2) is 0 Å². The molecule has 0 aromatic rings. The highest BCUT2D eigenvalue weighted by atomic mass is 16.6. The third-order valence-electron chi connectivity index (χ3n) is 14.4. The molecule has 83 heavy (non-hydrogen) atoms. The summed E-state index contributed by atoms with van der Waals surface area (Å²) < 4.78 is 16.8. The zero-order valence-electron chi connectivity index (χ0n) is 53.9. The first kappa shape index (κ1) is 78.3. The Kier molecular flexibility index (Phi) is 65.8. The predicted octanol–water partition coefficient (Wildman–Crippen LogP) is 23.9. The average molecular weight is 1150 g/mol. The van der Waals surface area contributed by atoms with E-state index >= 15 is 0 Å². The van der Waals surface area contributed by atoms with Gasteiger partial charge in [0.15, 0.2) is 6.10 Å². The summed E-state index contributed by atoms with van der Waals surface area (Å²) in [7, 11) is 0. The second kappa shape index (κ2) is 69.8. The van der Waals surface area contributed by atoms with Crippen molar-refractivity contribution in [2.75, 3.05) is 13.2 Å². The minimum atomic E-state index is -0.855. The zero-order chi connectivity index (χ0) is 59.9. The van der Waals surface area contributed by atoms with Crippen molar-refractivity contribution < 1.29 is 28.6 Å². The van der Waals surface area contributed by atoms with E-state index in [1.807, 2.05) is 6.08 Å². The Bertz CT molecular complexity index is 1800. The molecule has 0 amide bonds. The number of esters is 3. The van der Waals surface area contributed by atoms with E-state index in [4.69, 9.17) is 14.2 Å². The Morgan fingerprint density at radius 1 is 0.265 bits per heavy atom. The molecule has 0 N–H and O–H groups in total. The number of carbonyl (C=O) groups excluding carboxylic acids is 3. The highest BCUT2D eigenvalue weighted by Gasteiger charge is 2.19. The van der Waals surface area contributed by atoms with E-state index < -0.39 is 18.0 Å². The van der Waals surface area contributed by atoms with Crippen molar-refractivity contribution in [2.45, 2.75) is 309 Å². The van der Waals surface area contributed by atoms with Crippen LogP contribution >= 0.6 is 0 Å². The fraction of sp³-hybridized carbons (Fsp3) is 0.649. The molecule has 0 saturated heterocycles. The number of allylic oxidation sites excluding steroid dienone is 23. The van der Waals surface area contributed by atoms with Crippen LogP contribution in [0.2, 0.25) is 0 Å². The van der Waals surface area contributed by atoms with Crippen molar-refractivity contribution in [3.63, 3.8) is 0 Å². The topological polar surface area (TPSA) is 78.9 Å². The van der Waals surface area contributed by atoms with Gasteiger partial charge in [0.2, 0.25) is 0 Å². The number of hydrogen-bond donors (Lipinski definition) is 0. The molecule has 1 unspecified atom stereocenters. The summed E-state index contributed by atoms with van der Waals surface area (Å²) in [5.74, 6) is -1.12. The molecule has 0 aromatic carbocycles. The van der Waals surface area contributed by atoms with Crippen LogP contribution < -0.4 is 0 Å². The lowest BCUT2D eigenvalue weighted by molar-refractivity contribution is -0.166. The van der Waals surface area contributed by atoms with Gasteiger partial charge in [0.1, 0.15) is 13.2 Å². The average Bonchev–Trinajstić information content (AvgIpc) is 3.49. The van der Waals surface area contributed by atoms with Crippen molar-refractivity contribution in [3.8, 4) is 0 Å². The van der Waals surface area contributed by atoms with Gasteiger partial charge in [-0.1, -0.05) is 334 Å². The molecular formula is C77H126O6. The van der Waals surface area contributed by atoms with E-state index in [1.54, 1.807) is 6.08 Å². The van der Waals surface area contributed by atoms with Crippen molar-refractivity contribution in [2.24, 2.45) is 0 Å². The van der Waals surface area contributed by atoms with Crippen molar-refractivity contribution in [1.82, 2.24) is 0 Å². The Balaban J connectivity index is 4.45. The van der Waals surface area contributed by atoms with Crippen LogP contribution in [-0.2, 0) is 28.6 Å². The first-order chi connectivity index (χ1) is 41.0.